The second-order valence-corrected chi connectivity index (χ2v) is 14.1. The van der Waals surface area contributed by atoms with Crippen molar-refractivity contribution in [3.63, 3.8) is 0 Å². The van der Waals surface area contributed by atoms with E-state index in [1.807, 2.05) is 0 Å². The van der Waals surface area contributed by atoms with E-state index >= 15 is 0 Å². The van der Waals surface area contributed by atoms with Crippen molar-refractivity contribution in [1.82, 2.24) is 0 Å². The SMILES string of the molecule is CCCC1CCC(C2CCC(CCC3(OS(=O)(=O)C(F)(F)F)SCCCS3)CC2)CC1. The van der Waals surface area contributed by atoms with Gasteiger partial charge in [0.05, 0.1) is 0 Å². The third-order valence-corrected chi connectivity index (χ3v) is 11.9. The van der Waals surface area contributed by atoms with Gasteiger partial charge in [0.25, 0.3) is 0 Å². The van der Waals surface area contributed by atoms with Crippen LogP contribution in [0.1, 0.15) is 90.4 Å². The largest absolute Gasteiger partial charge is 0.523 e. The Kier molecular flexibility index (Phi) is 9.41. The second-order valence-electron chi connectivity index (χ2n) is 9.61. The third kappa shape index (κ3) is 7.19. The topological polar surface area (TPSA) is 43.4 Å². The Morgan fingerprint density at radius 2 is 1.35 bits per heavy atom. The van der Waals surface area contributed by atoms with Crippen LogP contribution >= 0.6 is 23.5 Å². The molecule has 0 bridgehead atoms. The van der Waals surface area contributed by atoms with Gasteiger partial charge in [0.2, 0.25) is 0 Å². The average Bonchev–Trinajstić information content (AvgIpc) is 2.73. The molecule has 31 heavy (non-hydrogen) atoms. The van der Waals surface area contributed by atoms with Gasteiger partial charge < -0.3 is 0 Å². The Labute approximate surface area is 194 Å². The predicted octanol–water partition coefficient (Wildman–Crippen LogP) is 7.57. The van der Waals surface area contributed by atoms with Gasteiger partial charge in [-0.15, -0.1) is 23.5 Å². The lowest BCUT2D eigenvalue weighted by Gasteiger charge is -2.39. The van der Waals surface area contributed by atoms with Crippen molar-refractivity contribution in [3.05, 3.63) is 0 Å². The van der Waals surface area contributed by atoms with Crippen LogP contribution in [0.5, 0.6) is 0 Å². The minimum absolute atomic E-state index is 0.356. The van der Waals surface area contributed by atoms with Gasteiger partial charge in [0.15, 0.2) is 4.27 Å². The first-order valence-corrected chi connectivity index (χ1v) is 15.3. The standard InChI is InChI=1S/C22H37F3O3S3/c1-2-4-17-5-9-19(10-6-17)20-11-7-18(8-12-20)13-14-21(29-15-3-16-30-21)28-31(26,27)22(23,24)25/h17-20H,2-16H2,1H3. The van der Waals surface area contributed by atoms with Gasteiger partial charge in [0, 0.05) is 0 Å². The van der Waals surface area contributed by atoms with Crippen LogP contribution in [-0.4, -0.2) is 29.7 Å². The van der Waals surface area contributed by atoms with Crippen molar-refractivity contribution >= 4 is 33.6 Å². The summed E-state index contributed by atoms with van der Waals surface area (Å²) in [5, 5.41) is 0. The number of rotatable bonds is 8. The van der Waals surface area contributed by atoms with Crippen LogP contribution < -0.4 is 0 Å². The van der Waals surface area contributed by atoms with Crippen LogP contribution in [0.3, 0.4) is 0 Å². The Morgan fingerprint density at radius 3 is 1.81 bits per heavy atom. The highest BCUT2D eigenvalue weighted by Crippen LogP contribution is 2.51. The molecule has 1 heterocycles. The molecule has 0 spiro atoms. The predicted molar refractivity (Wildman–Crippen MR) is 123 cm³/mol. The van der Waals surface area contributed by atoms with Gasteiger partial charge in [-0.3, -0.25) is 0 Å². The number of halogens is 3. The Hall–Kier alpha value is 0.400. The van der Waals surface area contributed by atoms with Crippen molar-refractivity contribution in [2.75, 3.05) is 11.5 Å². The molecule has 3 aliphatic rings. The summed E-state index contributed by atoms with van der Waals surface area (Å²) in [6.07, 6.45) is 14.7. The molecule has 0 aromatic heterocycles. The molecule has 1 saturated heterocycles. The molecule has 9 heteroatoms. The quantitative estimate of drug-likeness (QED) is 0.253. The minimum Gasteiger partial charge on any atom is -0.234 e. The highest BCUT2D eigenvalue weighted by Gasteiger charge is 2.53. The summed E-state index contributed by atoms with van der Waals surface area (Å²) in [6, 6.07) is 0. The van der Waals surface area contributed by atoms with E-state index in [0.717, 1.165) is 43.4 Å². The lowest BCUT2D eigenvalue weighted by Crippen LogP contribution is -2.37. The molecule has 0 atom stereocenters. The van der Waals surface area contributed by atoms with E-state index in [1.54, 1.807) is 0 Å². The van der Waals surface area contributed by atoms with Crippen molar-refractivity contribution in [2.45, 2.75) is 100 Å². The molecule has 0 radical (unpaired) electrons. The van der Waals surface area contributed by atoms with E-state index in [-0.39, 0.29) is 0 Å². The summed E-state index contributed by atoms with van der Waals surface area (Å²) < 4.78 is 65.6. The van der Waals surface area contributed by atoms with E-state index in [9.17, 15) is 21.6 Å². The van der Waals surface area contributed by atoms with Gasteiger partial charge in [-0.2, -0.15) is 21.6 Å². The molecule has 3 fully saturated rings. The molecule has 0 N–H and O–H groups in total. The Bertz CT molecular complexity index is 647. The molecular weight excluding hydrogens is 465 g/mol. The van der Waals surface area contributed by atoms with Crippen LogP contribution in [0.4, 0.5) is 13.2 Å². The lowest BCUT2D eigenvalue weighted by atomic mass is 9.68. The van der Waals surface area contributed by atoms with E-state index in [4.69, 9.17) is 4.18 Å². The average molecular weight is 503 g/mol. The van der Waals surface area contributed by atoms with Crippen molar-refractivity contribution in [2.24, 2.45) is 23.7 Å². The maximum atomic E-state index is 12.9. The van der Waals surface area contributed by atoms with Crippen LogP contribution in [0, 0.1) is 23.7 Å². The zero-order valence-electron chi connectivity index (χ0n) is 18.5. The van der Waals surface area contributed by atoms with Crippen molar-refractivity contribution in [3.8, 4) is 0 Å². The van der Waals surface area contributed by atoms with Gasteiger partial charge >= 0.3 is 15.6 Å². The molecule has 3 nitrogen and oxygen atoms in total. The molecule has 0 aromatic rings. The fourth-order valence-corrected chi connectivity index (χ4v) is 9.86. The van der Waals surface area contributed by atoms with E-state index in [1.165, 1.54) is 74.9 Å². The fourth-order valence-electron chi connectivity index (χ4n) is 5.69. The zero-order valence-corrected chi connectivity index (χ0v) is 20.9. The Morgan fingerprint density at radius 1 is 0.871 bits per heavy atom. The normalized spacial score (nSPS) is 32.6. The molecule has 0 unspecified atom stereocenters. The molecule has 3 rings (SSSR count). The van der Waals surface area contributed by atoms with Gasteiger partial charge in [-0.1, -0.05) is 45.4 Å². The monoisotopic (exact) mass is 502 g/mol. The summed E-state index contributed by atoms with van der Waals surface area (Å²) in [4.78, 5) is 0. The summed E-state index contributed by atoms with van der Waals surface area (Å²) in [5.74, 6) is 4.30. The molecule has 2 saturated carbocycles. The smallest absolute Gasteiger partial charge is 0.234 e. The van der Waals surface area contributed by atoms with E-state index < -0.39 is 19.9 Å². The van der Waals surface area contributed by atoms with Crippen LogP contribution in [0.15, 0.2) is 0 Å². The molecule has 0 amide bonds. The van der Waals surface area contributed by atoms with Gasteiger partial charge in [0.1, 0.15) is 0 Å². The van der Waals surface area contributed by atoms with Crippen molar-refractivity contribution in [1.29, 1.82) is 0 Å². The first-order chi connectivity index (χ1) is 14.6. The number of hydrogen-bond donors (Lipinski definition) is 0. The van der Waals surface area contributed by atoms with E-state index in [2.05, 4.69) is 6.92 Å². The van der Waals surface area contributed by atoms with Crippen LogP contribution in [0.25, 0.3) is 0 Å². The maximum absolute atomic E-state index is 12.9. The molecule has 2 aliphatic carbocycles. The van der Waals surface area contributed by atoms with E-state index in [0.29, 0.717) is 23.8 Å². The van der Waals surface area contributed by atoms with Gasteiger partial charge in [-0.05, 0) is 80.1 Å². The second kappa shape index (κ2) is 11.2. The zero-order chi connectivity index (χ0) is 22.5. The number of hydrogen-bond acceptors (Lipinski definition) is 5. The summed E-state index contributed by atoms with van der Waals surface area (Å²) in [5.41, 5.74) is -5.37. The van der Waals surface area contributed by atoms with Crippen LogP contribution in [-0.2, 0) is 14.3 Å². The first-order valence-electron chi connectivity index (χ1n) is 11.9. The number of alkyl halides is 3. The molecule has 1 aliphatic heterocycles. The third-order valence-electron chi connectivity index (χ3n) is 7.46. The lowest BCUT2D eigenvalue weighted by molar-refractivity contribution is -0.0562. The number of thioether (sulfide) groups is 2. The summed E-state index contributed by atoms with van der Waals surface area (Å²) in [7, 11) is -5.58. The highest BCUT2D eigenvalue weighted by molar-refractivity contribution is 8.18. The summed E-state index contributed by atoms with van der Waals surface area (Å²) >= 11 is 2.46. The highest BCUT2D eigenvalue weighted by atomic mass is 32.2. The maximum Gasteiger partial charge on any atom is 0.523 e. The first kappa shape index (κ1) is 26.0. The molecule has 0 aromatic carbocycles. The van der Waals surface area contributed by atoms with Crippen molar-refractivity contribution < 1.29 is 25.8 Å². The summed E-state index contributed by atoms with van der Waals surface area (Å²) in [6.45, 7) is 2.27. The minimum atomic E-state index is -5.58. The van der Waals surface area contributed by atoms with Crippen LogP contribution in [0.2, 0.25) is 0 Å². The fraction of sp³-hybridized carbons (Fsp3) is 1.00. The molecular formula is C22H37F3O3S3. The molecule has 182 valence electrons. The van der Waals surface area contributed by atoms with Gasteiger partial charge in [-0.25, -0.2) is 4.18 Å². The Balaban J connectivity index is 1.48.